The summed E-state index contributed by atoms with van der Waals surface area (Å²) in [6.07, 6.45) is -1.49. The van der Waals surface area contributed by atoms with Crippen molar-refractivity contribution >= 4 is 17.7 Å². The van der Waals surface area contributed by atoms with Gasteiger partial charge < -0.3 is 5.32 Å². The summed E-state index contributed by atoms with van der Waals surface area (Å²) in [5.74, 6) is -1.71. The van der Waals surface area contributed by atoms with Crippen LogP contribution in [0.4, 0.5) is 13.2 Å². The number of hydrogen-bond acceptors (Lipinski definition) is 3. The van der Waals surface area contributed by atoms with E-state index in [0.29, 0.717) is 23.4 Å². The normalized spacial score (nSPS) is 20.6. The van der Waals surface area contributed by atoms with Crippen molar-refractivity contribution in [1.29, 1.82) is 0 Å². The Hall–Kier alpha value is -2.02. The van der Waals surface area contributed by atoms with E-state index in [4.69, 9.17) is 0 Å². The van der Waals surface area contributed by atoms with Gasteiger partial charge in [0, 0.05) is 17.1 Å². The van der Waals surface area contributed by atoms with E-state index in [-0.39, 0.29) is 18.7 Å². The lowest BCUT2D eigenvalue weighted by atomic mass is 9.85. The van der Waals surface area contributed by atoms with Crippen molar-refractivity contribution < 1.29 is 18.0 Å². The first-order valence-electron chi connectivity index (χ1n) is 8.49. The van der Waals surface area contributed by atoms with Crippen molar-refractivity contribution in [2.24, 2.45) is 5.92 Å². The first-order chi connectivity index (χ1) is 12.4. The van der Waals surface area contributed by atoms with E-state index in [1.54, 1.807) is 18.3 Å². The summed E-state index contributed by atoms with van der Waals surface area (Å²) in [5.41, 5.74) is 0.385. The van der Waals surface area contributed by atoms with Gasteiger partial charge in [0.1, 0.15) is 5.03 Å². The van der Waals surface area contributed by atoms with Gasteiger partial charge in [0.15, 0.2) is 0 Å². The first-order valence-corrected chi connectivity index (χ1v) is 9.30. The zero-order valence-corrected chi connectivity index (χ0v) is 14.8. The van der Waals surface area contributed by atoms with Gasteiger partial charge >= 0.3 is 6.18 Å². The lowest BCUT2D eigenvalue weighted by Crippen LogP contribution is -2.41. The molecule has 2 aromatic rings. The Kier molecular flexibility index (Phi) is 5.86. The third-order valence-corrected chi connectivity index (χ3v) is 5.47. The second kappa shape index (κ2) is 8.12. The molecular weight excluding hydrogens is 361 g/mol. The smallest absolute Gasteiger partial charge is 0.349 e. The molecule has 1 fully saturated rings. The predicted octanol–water partition coefficient (Wildman–Crippen LogP) is 5.08. The van der Waals surface area contributed by atoms with Gasteiger partial charge in [-0.3, -0.25) is 4.79 Å². The molecule has 1 amide bonds. The Labute approximate surface area is 154 Å². The van der Waals surface area contributed by atoms with Gasteiger partial charge in [-0.2, -0.15) is 13.2 Å². The molecule has 0 unspecified atom stereocenters. The van der Waals surface area contributed by atoms with E-state index in [1.807, 2.05) is 30.3 Å². The van der Waals surface area contributed by atoms with Crippen molar-refractivity contribution in [3.05, 3.63) is 54.2 Å². The van der Waals surface area contributed by atoms with Crippen LogP contribution in [0.5, 0.6) is 0 Å². The lowest BCUT2D eigenvalue weighted by Gasteiger charge is -2.31. The van der Waals surface area contributed by atoms with Crippen molar-refractivity contribution in [1.82, 2.24) is 10.3 Å². The molecule has 0 saturated heterocycles. The molecule has 1 saturated carbocycles. The van der Waals surface area contributed by atoms with E-state index in [9.17, 15) is 18.0 Å². The number of carbonyl (C=O) groups excluding carboxylic acids is 1. The number of halogens is 3. The fourth-order valence-electron chi connectivity index (χ4n) is 3.13. The Bertz CT molecular complexity index is 752. The van der Waals surface area contributed by atoms with Gasteiger partial charge in [0.2, 0.25) is 0 Å². The summed E-state index contributed by atoms with van der Waals surface area (Å²) >= 11 is 1.36. The molecule has 2 atom stereocenters. The third-order valence-electron chi connectivity index (χ3n) is 4.45. The topological polar surface area (TPSA) is 42.0 Å². The van der Waals surface area contributed by atoms with Crippen LogP contribution in [-0.2, 0) is 0 Å². The number of nitrogens with zero attached hydrogens (tertiary/aromatic N) is 1. The monoisotopic (exact) mass is 380 g/mol. The van der Waals surface area contributed by atoms with E-state index in [0.717, 1.165) is 4.90 Å². The number of carbonyl (C=O) groups is 1. The summed E-state index contributed by atoms with van der Waals surface area (Å²) in [5, 5.41) is 3.31. The number of pyridine rings is 1. The van der Waals surface area contributed by atoms with Gasteiger partial charge in [0.25, 0.3) is 5.91 Å². The molecular formula is C19H19F3N2OS. The number of nitrogens with one attached hydrogen (secondary N) is 1. The van der Waals surface area contributed by atoms with Gasteiger partial charge in [-0.1, -0.05) is 36.4 Å². The molecule has 26 heavy (non-hydrogen) atoms. The molecule has 0 spiro atoms. The van der Waals surface area contributed by atoms with Gasteiger partial charge in [-0.25, -0.2) is 4.98 Å². The fourth-order valence-corrected chi connectivity index (χ4v) is 4.03. The minimum absolute atomic E-state index is 0.0589. The van der Waals surface area contributed by atoms with E-state index >= 15 is 0 Å². The molecule has 1 aliphatic rings. The maximum absolute atomic E-state index is 13.0. The average Bonchev–Trinajstić information content (AvgIpc) is 2.62. The minimum atomic E-state index is -4.20. The van der Waals surface area contributed by atoms with Crippen molar-refractivity contribution in [3.8, 4) is 0 Å². The van der Waals surface area contributed by atoms with Gasteiger partial charge in [0.05, 0.1) is 11.5 Å². The molecule has 1 aliphatic carbocycles. The first kappa shape index (κ1) is 18.8. The van der Waals surface area contributed by atoms with E-state index in [1.165, 1.54) is 11.8 Å². The van der Waals surface area contributed by atoms with Gasteiger partial charge in [-0.05, 0) is 43.5 Å². The number of rotatable bonds is 4. The minimum Gasteiger partial charge on any atom is -0.349 e. The van der Waals surface area contributed by atoms with Crippen LogP contribution < -0.4 is 5.32 Å². The summed E-state index contributed by atoms with van der Waals surface area (Å²) in [6.45, 7) is 0. The van der Waals surface area contributed by atoms with Crippen LogP contribution in [0, 0.1) is 5.92 Å². The van der Waals surface area contributed by atoms with Crippen LogP contribution >= 0.6 is 11.8 Å². The molecule has 3 rings (SSSR count). The largest absolute Gasteiger partial charge is 0.391 e. The Morgan fingerprint density at radius 1 is 1.12 bits per heavy atom. The second-order valence-corrected chi connectivity index (χ2v) is 7.41. The van der Waals surface area contributed by atoms with E-state index < -0.39 is 18.1 Å². The van der Waals surface area contributed by atoms with Crippen molar-refractivity contribution in [2.45, 2.75) is 47.8 Å². The Morgan fingerprint density at radius 3 is 2.62 bits per heavy atom. The molecule has 0 radical (unpaired) electrons. The van der Waals surface area contributed by atoms with Gasteiger partial charge in [-0.15, -0.1) is 0 Å². The maximum atomic E-state index is 13.0. The van der Waals surface area contributed by atoms with Crippen molar-refractivity contribution in [2.75, 3.05) is 0 Å². The van der Waals surface area contributed by atoms with Crippen LogP contribution in [0.15, 0.2) is 58.6 Å². The van der Waals surface area contributed by atoms with Crippen LogP contribution in [0.3, 0.4) is 0 Å². The SMILES string of the molecule is O=C(N[C@@H]1CCC[C@@H](C(F)(F)F)C1)c1cccnc1Sc1ccccc1. The lowest BCUT2D eigenvalue weighted by molar-refractivity contribution is -0.183. The molecule has 1 aromatic carbocycles. The summed E-state index contributed by atoms with van der Waals surface area (Å²) < 4.78 is 38.9. The summed E-state index contributed by atoms with van der Waals surface area (Å²) in [6, 6.07) is 12.4. The van der Waals surface area contributed by atoms with Crippen LogP contribution in [0.2, 0.25) is 0 Å². The molecule has 7 heteroatoms. The fraction of sp³-hybridized carbons (Fsp3) is 0.368. The number of aromatic nitrogens is 1. The number of amides is 1. The highest BCUT2D eigenvalue weighted by Gasteiger charge is 2.42. The Balaban J connectivity index is 1.70. The average molecular weight is 380 g/mol. The summed E-state index contributed by atoms with van der Waals surface area (Å²) in [7, 11) is 0. The molecule has 138 valence electrons. The third kappa shape index (κ3) is 4.78. The van der Waals surface area contributed by atoms with Crippen LogP contribution in [0.1, 0.15) is 36.0 Å². The highest BCUT2D eigenvalue weighted by atomic mass is 32.2. The molecule has 1 aromatic heterocycles. The highest BCUT2D eigenvalue weighted by molar-refractivity contribution is 7.99. The quantitative estimate of drug-likeness (QED) is 0.804. The standard InChI is InChI=1S/C19H19F3N2OS/c20-19(21,22)13-6-4-7-14(12-13)24-17(25)16-10-5-11-23-18(16)26-15-8-2-1-3-9-15/h1-3,5,8-11,13-14H,4,6-7,12H2,(H,24,25)/t13-,14-/m1/s1. The van der Waals surface area contributed by atoms with Crippen molar-refractivity contribution in [3.63, 3.8) is 0 Å². The number of hydrogen-bond donors (Lipinski definition) is 1. The predicted molar refractivity (Wildman–Crippen MR) is 94.1 cm³/mol. The van der Waals surface area contributed by atoms with E-state index in [2.05, 4.69) is 10.3 Å². The molecule has 1 N–H and O–H groups in total. The molecule has 3 nitrogen and oxygen atoms in total. The highest BCUT2D eigenvalue weighted by Crippen LogP contribution is 2.37. The Morgan fingerprint density at radius 2 is 1.88 bits per heavy atom. The molecule has 1 heterocycles. The van der Waals surface area contributed by atoms with Crippen LogP contribution in [0.25, 0.3) is 0 Å². The zero-order chi connectivity index (χ0) is 18.6. The maximum Gasteiger partial charge on any atom is 0.391 e. The summed E-state index contributed by atoms with van der Waals surface area (Å²) in [4.78, 5) is 17.8. The van der Waals surface area contributed by atoms with Crippen LogP contribution in [-0.4, -0.2) is 23.1 Å². The molecule has 0 aliphatic heterocycles. The molecule has 0 bridgehead atoms. The zero-order valence-electron chi connectivity index (χ0n) is 14.0. The second-order valence-electron chi connectivity index (χ2n) is 6.35. The number of benzene rings is 1. The number of alkyl halides is 3.